The van der Waals surface area contributed by atoms with E-state index in [1.807, 2.05) is 30.5 Å². The lowest BCUT2D eigenvalue weighted by Crippen LogP contribution is -1.96. The third-order valence-electron chi connectivity index (χ3n) is 7.06. The molecule has 188 valence electrons. The number of nitrogens with zero attached hydrogens (tertiary/aromatic N) is 4. The molecule has 3 aromatic heterocycles. The molecule has 0 spiro atoms. The SMILES string of the molecule is c1ccc(-c2ccc(-c3cc(-c4ccc(-c5cccc6cccnc56)cc4)nc(-c4cccnc4)n3)cc2)cc1. The zero-order chi connectivity index (χ0) is 26.7. The van der Waals surface area contributed by atoms with Crippen molar-refractivity contribution in [1.29, 1.82) is 0 Å². The molecule has 0 amide bonds. The van der Waals surface area contributed by atoms with Crippen LogP contribution in [-0.2, 0) is 0 Å². The molecule has 0 saturated carbocycles. The molecule has 0 aliphatic rings. The maximum absolute atomic E-state index is 4.95. The number of hydrogen-bond acceptors (Lipinski definition) is 4. The van der Waals surface area contributed by atoms with Gasteiger partial charge in [0.1, 0.15) is 0 Å². The van der Waals surface area contributed by atoms with Crippen molar-refractivity contribution in [3.63, 3.8) is 0 Å². The lowest BCUT2D eigenvalue weighted by molar-refractivity contribution is 1.17. The van der Waals surface area contributed by atoms with Gasteiger partial charge in [-0.05, 0) is 41.0 Å². The second-order valence-corrected chi connectivity index (χ2v) is 9.61. The minimum Gasteiger partial charge on any atom is -0.264 e. The molecule has 0 aliphatic carbocycles. The van der Waals surface area contributed by atoms with Crippen molar-refractivity contribution in [2.45, 2.75) is 0 Å². The van der Waals surface area contributed by atoms with Crippen molar-refractivity contribution in [3.8, 4) is 56.2 Å². The predicted molar refractivity (Wildman–Crippen MR) is 162 cm³/mol. The molecule has 7 rings (SSSR count). The average Bonchev–Trinajstić information content (AvgIpc) is 3.05. The van der Waals surface area contributed by atoms with Crippen LogP contribution < -0.4 is 0 Å². The zero-order valence-electron chi connectivity index (χ0n) is 21.6. The third kappa shape index (κ3) is 4.63. The fraction of sp³-hybridized carbons (Fsp3) is 0. The van der Waals surface area contributed by atoms with Crippen LogP contribution in [-0.4, -0.2) is 19.9 Å². The molecule has 4 heteroatoms. The van der Waals surface area contributed by atoms with E-state index in [9.17, 15) is 0 Å². The van der Waals surface area contributed by atoms with Crippen LogP contribution in [0.15, 0.2) is 146 Å². The highest BCUT2D eigenvalue weighted by atomic mass is 14.9. The second kappa shape index (κ2) is 10.4. The highest BCUT2D eigenvalue weighted by Gasteiger charge is 2.12. The number of benzene rings is 4. The Balaban J connectivity index is 1.29. The maximum atomic E-state index is 4.95. The minimum absolute atomic E-state index is 0.648. The summed E-state index contributed by atoms with van der Waals surface area (Å²) in [6.45, 7) is 0. The van der Waals surface area contributed by atoms with Gasteiger partial charge in [-0.25, -0.2) is 9.97 Å². The number of aromatic nitrogens is 4. The molecular weight excluding hydrogens is 488 g/mol. The van der Waals surface area contributed by atoms with Gasteiger partial charge >= 0.3 is 0 Å². The molecule has 0 bridgehead atoms. The van der Waals surface area contributed by atoms with E-state index in [1.165, 1.54) is 11.1 Å². The van der Waals surface area contributed by atoms with Crippen LogP contribution in [0.1, 0.15) is 0 Å². The topological polar surface area (TPSA) is 51.6 Å². The van der Waals surface area contributed by atoms with E-state index in [4.69, 9.17) is 9.97 Å². The summed E-state index contributed by atoms with van der Waals surface area (Å²) < 4.78 is 0. The van der Waals surface area contributed by atoms with Gasteiger partial charge in [-0.3, -0.25) is 9.97 Å². The Morgan fingerprint density at radius 3 is 1.73 bits per heavy atom. The van der Waals surface area contributed by atoms with Crippen LogP contribution >= 0.6 is 0 Å². The molecule has 0 unspecified atom stereocenters. The molecule has 40 heavy (non-hydrogen) atoms. The smallest absolute Gasteiger partial charge is 0.161 e. The molecule has 4 nitrogen and oxygen atoms in total. The van der Waals surface area contributed by atoms with E-state index in [0.717, 1.165) is 50.1 Å². The first kappa shape index (κ1) is 23.6. The van der Waals surface area contributed by atoms with Gasteiger partial charge in [0, 0.05) is 46.2 Å². The predicted octanol–water partition coefficient (Wildman–Crippen LogP) is 8.75. The Hall–Kier alpha value is -5.48. The molecule has 0 N–H and O–H groups in total. The molecular formula is C36H24N4. The lowest BCUT2D eigenvalue weighted by Gasteiger charge is -2.11. The third-order valence-corrected chi connectivity index (χ3v) is 7.06. The summed E-state index contributed by atoms with van der Waals surface area (Å²) in [7, 11) is 0. The van der Waals surface area contributed by atoms with Crippen molar-refractivity contribution in [3.05, 3.63) is 146 Å². The zero-order valence-corrected chi connectivity index (χ0v) is 21.6. The standard InChI is InChI=1S/C36H24N4/c1-2-7-25(8-3-1)26-13-17-28(18-14-26)33-23-34(40-36(39-33)31-11-5-21-37-24-31)29-19-15-27(16-20-29)32-12-4-9-30-10-6-22-38-35(30)32/h1-24H. The van der Waals surface area contributed by atoms with E-state index >= 15 is 0 Å². The average molecular weight is 513 g/mol. The van der Waals surface area contributed by atoms with E-state index in [0.29, 0.717) is 5.82 Å². The van der Waals surface area contributed by atoms with Gasteiger partial charge < -0.3 is 0 Å². The normalized spacial score (nSPS) is 11.0. The molecule has 0 saturated heterocycles. The van der Waals surface area contributed by atoms with Gasteiger partial charge in [-0.1, -0.05) is 103 Å². The van der Waals surface area contributed by atoms with Gasteiger partial charge in [0.05, 0.1) is 16.9 Å². The van der Waals surface area contributed by atoms with Gasteiger partial charge in [0.2, 0.25) is 0 Å². The number of fused-ring (bicyclic) bond motifs is 1. The molecule has 0 atom stereocenters. The van der Waals surface area contributed by atoms with E-state index in [2.05, 4.69) is 113 Å². The van der Waals surface area contributed by atoms with E-state index in [-0.39, 0.29) is 0 Å². The fourth-order valence-corrected chi connectivity index (χ4v) is 4.99. The molecule has 0 radical (unpaired) electrons. The summed E-state index contributed by atoms with van der Waals surface area (Å²) in [5.41, 5.74) is 10.3. The Bertz CT molecular complexity index is 1910. The van der Waals surface area contributed by atoms with Gasteiger partial charge in [0.15, 0.2) is 5.82 Å². The largest absolute Gasteiger partial charge is 0.264 e. The Labute approximate surface area is 232 Å². The number of hydrogen-bond donors (Lipinski definition) is 0. The highest BCUT2D eigenvalue weighted by molar-refractivity contribution is 5.93. The van der Waals surface area contributed by atoms with Gasteiger partial charge in [0.25, 0.3) is 0 Å². The van der Waals surface area contributed by atoms with Crippen molar-refractivity contribution in [2.75, 3.05) is 0 Å². The quantitative estimate of drug-likeness (QED) is 0.231. The van der Waals surface area contributed by atoms with Crippen LogP contribution in [0.3, 0.4) is 0 Å². The Kier molecular flexibility index (Phi) is 6.11. The summed E-state index contributed by atoms with van der Waals surface area (Å²) in [4.78, 5) is 18.8. The maximum Gasteiger partial charge on any atom is 0.161 e. The minimum atomic E-state index is 0.648. The monoisotopic (exact) mass is 512 g/mol. The van der Waals surface area contributed by atoms with Crippen molar-refractivity contribution < 1.29 is 0 Å². The van der Waals surface area contributed by atoms with Crippen LogP contribution in [0.25, 0.3) is 67.1 Å². The first-order valence-electron chi connectivity index (χ1n) is 13.2. The summed E-state index contributed by atoms with van der Waals surface area (Å²) in [5, 5.41) is 1.13. The Morgan fingerprint density at radius 1 is 0.425 bits per heavy atom. The molecule has 0 fully saturated rings. The summed E-state index contributed by atoms with van der Waals surface area (Å²) in [6, 6.07) is 43.7. The van der Waals surface area contributed by atoms with E-state index < -0.39 is 0 Å². The summed E-state index contributed by atoms with van der Waals surface area (Å²) in [6.07, 6.45) is 5.41. The number of rotatable bonds is 5. The van der Waals surface area contributed by atoms with Crippen LogP contribution in [0, 0.1) is 0 Å². The first-order valence-corrected chi connectivity index (χ1v) is 13.2. The first-order chi connectivity index (χ1) is 19.8. The molecule has 7 aromatic rings. The second-order valence-electron chi connectivity index (χ2n) is 9.61. The van der Waals surface area contributed by atoms with Gasteiger partial charge in [-0.15, -0.1) is 0 Å². The summed E-state index contributed by atoms with van der Waals surface area (Å²) >= 11 is 0. The van der Waals surface area contributed by atoms with Gasteiger partial charge in [-0.2, -0.15) is 0 Å². The van der Waals surface area contributed by atoms with E-state index in [1.54, 1.807) is 12.4 Å². The molecule has 0 aliphatic heterocycles. The number of pyridine rings is 2. The fourth-order valence-electron chi connectivity index (χ4n) is 4.99. The van der Waals surface area contributed by atoms with Crippen LogP contribution in [0.5, 0.6) is 0 Å². The molecule has 3 heterocycles. The van der Waals surface area contributed by atoms with Crippen molar-refractivity contribution >= 4 is 10.9 Å². The van der Waals surface area contributed by atoms with Crippen LogP contribution in [0.4, 0.5) is 0 Å². The lowest BCUT2D eigenvalue weighted by atomic mass is 9.99. The Morgan fingerprint density at radius 2 is 1.02 bits per heavy atom. The van der Waals surface area contributed by atoms with Crippen LogP contribution in [0.2, 0.25) is 0 Å². The number of para-hydroxylation sites is 1. The molecule has 4 aromatic carbocycles. The van der Waals surface area contributed by atoms with Crippen molar-refractivity contribution in [2.24, 2.45) is 0 Å². The van der Waals surface area contributed by atoms with Crippen molar-refractivity contribution in [1.82, 2.24) is 19.9 Å². The highest BCUT2D eigenvalue weighted by Crippen LogP contribution is 2.32. The summed E-state index contributed by atoms with van der Waals surface area (Å²) in [5.74, 6) is 0.648.